The van der Waals surface area contributed by atoms with Crippen LogP contribution < -0.4 is 15.0 Å². The van der Waals surface area contributed by atoms with Gasteiger partial charge < -0.3 is 15.0 Å². The summed E-state index contributed by atoms with van der Waals surface area (Å²) < 4.78 is 5.18. The van der Waals surface area contributed by atoms with Crippen LogP contribution in [0.1, 0.15) is 0 Å². The number of anilines is 2. The molecular formula is C10H14N2O2. The number of hydrogen-bond donors (Lipinski definition) is 1. The molecule has 0 fully saturated rings. The molecule has 1 aromatic rings. The van der Waals surface area contributed by atoms with E-state index in [4.69, 9.17) is 4.74 Å². The average molecular weight is 194 g/mol. The van der Waals surface area contributed by atoms with Gasteiger partial charge in [-0.2, -0.15) is 0 Å². The van der Waals surface area contributed by atoms with Crippen LogP contribution in [0.25, 0.3) is 0 Å². The third-order valence-electron chi connectivity index (χ3n) is 1.89. The van der Waals surface area contributed by atoms with Crippen LogP contribution in [0.3, 0.4) is 0 Å². The maximum Gasteiger partial charge on any atom is 0.211 e. The van der Waals surface area contributed by atoms with Crippen LogP contribution in [0.2, 0.25) is 0 Å². The second-order valence-corrected chi connectivity index (χ2v) is 3.04. The van der Waals surface area contributed by atoms with Crippen LogP contribution in [0.4, 0.5) is 11.4 Å². The summed E-state index contributed by atoms with van der Waals surface area (Å²) in [7, 11) is 5.46. The van der Waals surface area contributed by atoms with Crippen molar-refractivity contribution in [3.05, 3.63) is 18.2 Å². The van der Waals surface area contributed by atoms with Gasteiger partial charge in [0.1, 0.15) is 5.75 Å². The number of amides is 1. The number of hydrogen-bond acceptors (Lipinski definition) is 3. The first-order valence-electron chi connectivity index (χ1n) is 4.24. The van der Waals surface area contributed by atoms with Crippen molar-refractivity contribution in [2.75, 3.05) is 31.4 Å². The van der Waals surface area contributed by atoms with E-state index in [2.05, 4.69) is 5.32 Å². The molecule has 0 heterocycles. The minimum atomic E-state index is 0.654. The van der Waals surface area contributed by atoms with Gasteiger partial charge in [-0.3, -0.25) is 4.79 Å². The lowest BCUT2D eigenvalue weighted by atomic mass is 10.2. The van der Waals surface area contributed by atoms with E-state index in [0.717, 1.165) is 17.1 Å². The van der Waals surface area contributed by atoms with E-state index in [0.29, 0.717) is 6.41 Å². The summed E-state index contributed by atoms with van der Waals surface area (Å²) in [5.74, 6) is 0.784. The molecule has 0 saturated heterocycles. The smallest absolute Gasteiger partial charge is 0.211 e. The summed E-state index contributed by atoms with van der Waals surface area (Å²) in [5, 5.41) is 2.59. The molecule has 0 spiro atoms. The number of carbonyl (C=O) groups is 1. The summed E-state index contributed by atoms with van der Waals surface area (Å²) >= 11 is 0. The van der Waals surface area contributed by atoms with Crippen molar-refractivity contribution in [3.63, 3.8) is 0 Å². The number of carbonyl (C=O) groups excluding carboxylic acids is 1. The van der Waals surface area contributed by atoms with E-state index < -0.39 is 0 Å². The number of nitrogens with zero attached hydrogens (tertiary/aromatic N) is 1. The standard InChI is InChI=1S/C10H14N2O2/c1-12(2)9-6-8(11-7-13)4-5-10(9)14-3/h4-7H,1-3H3,(H,11,13). The SMILES string of the molecule is COc1ccc(NC=O)cc1N(C)C. The Balaban J connectivity index is 3.07. The number of ether oxygens (including phenoxy) is 1. The van der Waals surface area contributed by atoms with Crippen molar-refractivity contribution in [2.45, 2.75) is 0 Å². The lowest BCUT2D eigenvalue weighted by Crippen LogP contribution is -2.10. The van der Waals surface area contributed by atoms with Gasteiger partial charge in [0.2, 0.25) is 6.41 Å². The molecule has 4 nitrogen and oxygen atoms in total. The molecule has 1 N–H and O–H groups in total. The van der Waals surface area contributed by atoms with Crippen molar-refractivity contribution >= 4 is 17.8 Å². The lowest BCUT2D eigenvalue weighted by Gasteiger charge is -2.17. The molecule has 76 valence electrons. The van der Waals surface area contributed by atoms with Gasteiger partial charge in [0.05, 0.1) is 12.8 Å². The quantitative estimate of drug-likeness (QED) is 0.735. The fourth-order valence-corrected chi connectivity index (χ4v) is 1.20. The molecule has 1 aromatic carbocycles. The Morgan fingerprint density at radius 3 is 2.64 bits per heavy atom. The summed E-state index contributed by atoms with van der Waals surface area (Å²) in [5.41, 5.74) is 1.68. The monoisotopic (exact) mass is 194 g/mol. The highest BCUT2D eigenvalue weighted by Crippen LogP contribution is 2.29. The Bertz CT molecular complexity index is 324. The first-order chi connectivity index (χ1) is 6.69. The van der Waals surface area contributed by atoms with Crippen LogP contribution >= 0.6 is 0 Å². The topological polar surface area (TPSA) is 41.6 Å². The van der Waals surface area contributed by atoms with Crippen molar-refractivity contribution in [3.8, 4) is 5.75 Å². The fourth-order valence-electron chi connectivity index (χ4n) is 1.20. The van der Waals surface area contributed by atoms with Gasteiger partial charge >= 0.3 is 0 Å². The van der Waals surface area contributed by atoms with Crippen molar-refractivity contribution in [2.24, 2.45) is 0 Å². The van der Waals surface area contributed by atoms with E-state index in [1.54, 1.807) is 13.2 Å². The maximum atomic E-state index is 10.3. The Morgan fingerprint density at radius 2 is 2.14 bits per heavy atom. The Hall–Kier alpha value is -1.71. The molecule has 0 saturated carbocycles. The highest BCUT2D eigenvalue weighted by atomic mass is 16.5. The minimum Gasteiger partial charge on any atom is -0.495 e. The Labute approximate surface area is 83.5 Å². The molecule has 0 aliphatic heterocycles. The van der Waals surface area contributed by atoms with Crippen molar-refractivity contribution in [1.82, 2.24) is 0 Å². The largest absolute Gasteiger partial charge is 0.495 e. The Kier molecular flexibility index (Phi) is 3.34. The van der Waals surface area contributed by atoms with Crippen LogP contribution in [0.5, 0.6) is 5.75 Å². The number of nitrogens with one attached hydrogen (secondary N) is 1. The van der Waals surface area contributed by atoms with Crippen LogP contribution in [0, 0.1) is 0 Å². The van der Waals surface area contributed by atoms with Gasteiger partial charge in [0.15, 0.2) is 0 Å². The molecule has 0 atom stereocenters. The molecule has 0 aliphatic carbocycles. The number of benzene rings is 1. The average Bonchev–Trinajstić information content (AvgIpc) is 2.18. The fraction of sp³-hybridized carbons (Fsp3) is 0.300. The van der Waals surface area contributed by atoms with Gasteiger partial charge in [-0.15, -0.1) is 0 Å². The molecule has 4 heteroatoms. The van der Waals surface area contributed by atoms with Crippen LogP contribution in [-0.4, -0.2) is 27.6 Å². The maximum absolute atomic E-state index is 10.3. The molecule has 14 heavy (non-hydrogen) atoms. The predicted octanol–water partition coefficient (Wildman–Crippen LogP) is 1.33. The molecular weight excluding hydrogens is 180 g/mol. The van der Waals surface area contributed by atoms with Crippen LogP contribution in [-0.2, 0) is 4.79 Å². The number of methoxy groups -OCH3 is 1. The summed E-state index contributed by atoms with van der Waals surface area (Å²) in [6, 6.07) is 5.47. The van der Waals surface area contributed by atoms with Gasteiger partial charge in [-0.25, -0.2) is 0 Å². The van der Waals surface area contributed by atoms with Gasteiger partial charge in [-0.05, 0) is 18.2 Å². The lowest BCUT2D eigenvalue weighted by molar-refractivity contribution is -0.105. The van der Waals surface area contributed by atoms with E-state index in [1.807, 2.05) is 31.1 Å². The highest BCUT2D eigenvalue weighted by molar-refractivity contribution is 5.75. The predicted molar refractivity (Wildman–Crippen MR) is 57.0 cm³/mol. The summed E-state index contributed by atoms with van der Waals surface area (Å²) in [6.07, 6.45) is 0.654. The zero-order valence-electron chi connectivity index (χ0n) is 8.57. The zero-order chi connectivity index (χ0) is 10.6. The summed E-state index contributed by atoms with van der Waals surface area (Å²) in [6.45, 7) is 0. The first-order valence-corrected chi connectivity index (χ1v) is 4.24. The van der Waals surface area contributed by atoms with E-state index in [9.17, 15) is 4.79 Å². The highest BCUT2D eigenvalue weighted by Gasteiger charge is 2.05. The first kappa shape index (κ1) is 10.4. The normalized spacial score (nSPS) is 9.36. The molecule has 0 radical (unpaired) electrons. The van der Waals surface area contributed by atoms with Crippen LogP contribution in [0.15, 0.2) is 18.2 Å². The van der Waals surface area contributed by atoms with E-state index in [-0.39, 0.29) is 0 Å². The van der Waals surface area contributed by atoms with Gasteiger partial charge in [0.25, 0.3) is 0 Å². The second-order valence-electron chi connectivity index (χ2n) is 3.04. The third kappa shape index (κ3) is 2.16. The molecule has 0 bridgehead atoms. The zero-order valence-corrected chi connectivity index (χ0v) is 8.57. The molecule has 1 amide bonds. The van der Waals surface area contributed by atoms with Gasteiger partial charge in [0, 0.05) is 19.8 Å². The molecule has 1 rings (SSSR count). The number of rotatable bonds is 4. The molecule has 0 aromatic heterocycles. The van der Waals surface area contributed by atoms with E-state index >= 15 is 0 Å². The second kappa shape index (κ2) is 4.50. The van der Waals surface area contributed by atoms with Crippen molar-refractivity contribution < 1.29 is 9.53 Å². The molecule has 0 aliphatic rings. The minimum absolute atomic E-state index is 0.654. The van der Waals surface area contributed by atoms with Crippen molar-refractivity contribution in [1.29, 1.82) is 0 Å². The van der Waals surface area contributed by atoms with E-state index in [1.165, 1.54) is 0 Å². The summed E-state index contributed by atoms with van der Waals surface area (Å²) in [4.78, 5) is 12.2. The molecule has 0 unspecified atom stereocenters. The van der Waals surface area contributed by atoms with Gasteiger partial charge in [-0.1, -0.05) is 0 Å². The third-order valence-corrected chi connectivity index (χ3v) is 1.89. The Morgan fingerprint density at radius 1 is 1.43 bits per heavy atom.